The highest BCUT2D eigenvalue weighted by Crippen LogP contribution is 1.82. The average Bonchev–Trinajstić information content (AvgIpc) is 1.96. The zero-order valence-corrected chi connectivity index (χ0v) is 7.46. The molecule has 74 valence electrons. The number of nitrogens with one attached hydrogen (secondary N) is 2. The molecule has 0 heterocycles. The molecule has 0 aliphatic rings. The lowest BCUT2D eigenvalue weighted by atomic mass is 10.3. The van der Waals surface area contributed by atoms with Gasteiger partial charge >= 0.3 is 5.97 Å². The molecule has 3 N–H and O–H groups in total. The van der Waals surface area contributed by atoms with Crippen molar-refractivity contribution >= 4 is 17.8 Å². The number of hydrogen-bond donors (Lipinski definition) is 3. The van der Waals surface area contributed by atoms with E-state index in [-0.39, 0.29) is 12.5 Å². The van der Waals surface area contributed by atoms with E-state index in [4.69, 9.17) is 5.11 Å². The predicted octanol–water partition coefficient (Wildman–Crippen LogP) is -1.29. The molecule has 0 aromatic rings. The van der Waals surface area contributed by atoms with Crippen molar-refractivity contribution in [3.63, 3.8) is 0 Å². The molecule has 0 aliphatic heterocycles. The second-order valence-corrected chi connectivity index (χ2v) is 2.53. The van der Waals surface area contributed by atoms with Gasteiger partial charge in [-0.15, -0.1) is 0 Å². The van der Waals surface area contributed by atoms with Gasteiger partial charge in [-0.2, -0.15) is 0 Å². The maximum absolute atomic E-state index is 10.5. The van der Waals surface area contributed by atoms with Gasteiger partial charge in [0.1, 0.15) is 6.04 Å². The van der Waals surface area contributed by atoms with Crippen molar-refractivity contribution in [2.75, 3.05) is 6.54 Å². The van der Waals surface area contributed by atoms with Crippen molar-refractivity contribution in [2.24, 2.45) is 0 Å². The Hall–Kier alpha value is -1.59. The van der Waals surface area contributed by atoms with E-state index in [1.807, 2.05) is 0 Å². The van der Waals surface area contributed by atoms with Crippen LogP contribution in [0.4, 0.5) is 0 Å². The third-order valence-corrected chi connectivity index (χ3v) is 1.23. The fourth-order valence-electron chi connectivity index (χ4n) is 0.691. The van der Waals surface area contributed by atoms with Gasteiger partial charge in [-0.05, 0) is 0 Å². The highest BCUT2D eigenvalue weighted by Gasteiger charge is 2.17. The Bertz CT molecular complexity index is 227. The van der Waals surface area contributed by atoms with E-state index < -0.39 is 17.9 Å². The summed E-state index contributed by atoms with van der Waals surface area (Å²) in [6, 6.07) is -1.07. The third kappa shape index (κ3) is 5.66. The first kappa shape index (κ1) is 11.4. The molecule has 0 radical (unpaired) electrons. The Kier molecular flexibility index (Phi) is 4.50. The minimum atomic E-state index is -1.18. The Labute approximate surface area is 75.3 Å². The minimum absolute atomic E-state index is 0.107. The van der Waals surface area contributed by atoms with Gasteiger partial charge in [-0.1, -0.05) is 0 Å². The van der Waals surface area contributed by atoms with E-state index >= 15 is 0 Å². The Morgan fingerprint density at radius 3 is 2.08 bits per heavy atom. The van der Waals surface area contributed by atoms with Crippen LogP contribution in [0.1, 0.15) is 13.8 Å². The zero-order chi connectivity index (χ0) is 10.4. The maximum atomic E-state index is 10.5. The normalized spacial score (nSPS) is 11.5. The summed E-state index contributed by atoms with van der Waals surface area (Å²) in [6.07, 6.45) is 0. The van der Waals surface area contributed by atoms with Gasteiger partial charge in [-0.3, -0.25) is 9.59 Å². The van der Waals surface area contributed by atoms with Crippen LogP contribution in [-0.4, -0.2) is 35.5 Å². The van der Waals surface area contributed by atoms with Crippen molar-refractivity contribution in [3.05, 3.63) is 0 Å². The molecular formula is C7H12N2O4. The number of carbonyl (C=O) groups excluding carboxylic acids is 2. The zero-order valence-electron chi connectivity index (χ0n) is 7.46. The lowest BCUT2D eigenvalue weighted by Gasteiger charge is -2.12. The fourth-order valence-corrected chi connectivity index (χ4v) is 0.691. The van der Waals surface area contributed by atoms with Gasteiger partial charge in [0.15, 0.2) is 0 Å². The first-order valence-electron chi connectivity index (χ1n) is 3.68. The largest absolute Gasteiger partial charge is 0.480 e. The fraction of sp³-hybridized carbons (Fsp3) is 0.571. The van der Waals surface area contributed by atoms with E-state index in [0.717, 1.165) is 0 Å². The standard InChI is InChI=1S/C7H12N2O4/c1-4(10)8-3-6(7(12)13)9-5(2)11/h6H,3H2,1-2H3,(H,8,10)(H,9,11)(H,12,13). The van der Waals surface area contributed by atoms with Gasteiger partial charge in [0.05, 0.1) is 0 Å². The topological polar surface area (TPSA) is 95.5 Å². The number of amides is 2. The van der Waals surface area contributed by atoms with Crippen LogP contribution >= 0.6 is 0 Å². The van der Waals surface area contributed by atoms with Gasteiger partial charge in [0.25, 0.3) is 0 Å². The molecule has 0 rings (SSSR count). The van der Waals surface area contributed by atoms with Crippen molar-refractivity contribution in [2.45, 2.75) is 19.9 Å². The molecule has 6 nitrogen and oxygen atoms in total. The summed E-state index contributed by atoms with van der Waals surface area (Å²) >= 11 is 0. The molecule has 0 saturated heterocycles. The number of rotatable bonds is 4. The highest BCUT2D eigenvalue weighted by atomic mass is 16.4. The van der Waals surface area contributed by atoms with Crippen molar-refractivity contribution < 1.29 is 19.5 Å². The molecule has 6 heteroatoms. The molecule has 1 atom stereocenters. The van der Waals surface area contributed by atoms with Gasteiger partial charge < -0.3 is 15.7 Å². The second-order valence-electron chi connectivity index (χ2n) is 2.53. The molecule has 0 bridgehead atoms. The maximum Gasteiger partial charge on any atom is 0.328 e. The summed E-state index contributed by atoms with van der Waals surface area (Å²) in [4.78, 5) is 31.4. The highest BCUT2D eigenvalue weighted by molar-refractivity contribution is 5.83. The van der Waals surface area contributed by atoms with Crippen molar-refractivity contribution in [1.29, 1.82) is 0 Å². The van der Waals surface area contributed by atoms with E-state index in [1.165, 1.54) is 13.8 Å². The summed E-state index contributed by atoms with van der Waals surface area (Å²) in [6.45, 7) is 2.38. The lowest BCUT2D eigenvalue weighted by Crippen LogP contribution is -2.47. The first-order valence-corrected chi connectivity index (χ1v) is 3.68. The molecule has 0 aliphatic carbocycles. The van der Waals surface area contributed by atoms with E-state index in [2.05, 4.69) is 10.6 Å². The number of hydrogen-bond acceptors (Lipinski definition) is 3. The first-order chi connectivity index (χ1) is 5.93. The van der Waals surface area contributed by atoms with Crippen LogP contribution in [0.3, 0.4) is 0 Å². The molecule has 1 unspecified atom stereocenters. The smallest absolute Gasteiger partial charge is 0.328 e. The lowest BCUT2D eigenvalue weighted by molar-refractivity contribution is -0.141. The van der Waals surface area contributed by atoms with Crippen LogP contribution < -0.4 is 10.6 Å². The predicted molar refractivity (Wildman–Crippen MR) is 43.9 cm³/mol. The molecule has 2 amide bonds. The van der Waals surface area contributed by atoms with Crippen LogP contribution in [0.5, 0.6) is 0 Å². The molecule has 0 fully saturated rings. The van der Waals surface area contributed by atoms with Crippen LogP contribution in [0.25, 0.3) is 0 Å². The summed E-state index contributed by atoms with van der Waals surface area (Å²) in [5.74, 6) is -1.96. The molecule has 0 spiro atoms. The minimum Gasteiger partial charge on any atom is -0.480 e. The summed E-state index contributed by atoms with van der Waals surface area (Å²) < 4.78 is 0. The summed E-state index contributed by atoms with van der Waals surface area (Å²) in [5.41, 5.74) is 0. The molecule has 0 aromatic carbocycles. The average molecular weight is 188 g/mol. The molecule has 0 saturated carbocycles. The molecule has 13 heavy (non-hydrogen) atoms. The van der Waals surface area contributed by atoms with Crippen molar-refractivity contribution in [1.82, 2.24) is 10.6 Å². The second kappa shape index (κ2) is 5.13. The number of carbonyl (C=O) groups is 3. The number of carboxylic acids is 1. The number of carboxylic acid groups (broad SMARTS) is 1. The van der Waals surface area contributed by atoms with Crippen LogP contribution in [-0.2, 0) is 14.4 Å². The Morgan fingerprint density at radius 2 is 1.77 bits per heavy atom. The Balaban J connectivity index is 4.02. The van der Waals surface area contributed by atoms with Gasteiger partial charge in [0.2, 0.25) is 11.8 Å². The Morgan fingerprint density at radius 1 is 1.23 bits per heavy atom. The van der Waals surface area contributed by atoms with Gasteiger partial charge in [0, 0.05) is 20.4 Å². The van der Waals surface area contributed by atoms with Crippen LogP contribution in [0.2, 0.25) is 0 Å². The molecule has 0 aromatic heterocycles. The van der Waals surface area contributed by atoms with E-state index in [1.54, 1.807) is 0 Å². The third-order valence-electron chi connectivity index (χ3n) is 1.23. The van der Waals surface area contributed by atoms with E-state index in [0.29, 0.717) is 0 Å². The summed E-state index contributed by atoms with van der Waals surface area (Å²) in [7, 11) is 0. The summed E-state index contributed by atoms with van der Waals surface area (Å²) in [5, 5.41) is 13.0. The molecular weight excluding hydrogens is 176 g/mol. The quantitative estimate of drug-likeness (QED) is 0.511. The van der Waals surface area contributed by atoms with E-state index in [9.17, 15) is 14.4 Å². The van der Waals surface area contributed by atoms with Crippen LogP contribution in [0.15, 0.2) is 0 Å². The van der Waals surface area contributed by atoms with Gasteiger partial charge in [-0.25, -0.2) is 4.79 Å². The SMILES string of the molecule is CC(=O)NCC(NC(C)=O)C(=O)O. The number of aliphatic carboxylic acids is 1. The van der Waals surface area contributed by atoms with Crippen molar-refractivity contribution in [3.8, 4) is 0 Å². The monoisotopic (exact) mass is 188 g/mol. The van der Waals surface area contributed by atoms with Crippen LogP contribution in [0, 0.1) is 0 Å².